The SMILES string of the molecule is S=C1N[C@H](c2ccccn2)[C@H](c2cccn2-c2ccc(Cl)cc2Cl)N1Cc1ccccn1. The minimum Gasteiger partial charge on any atom is -0.352 e. The Morgan fingerprint density at radius 1 is 0.938 bits per heavy atom. The first-order chi connectivity index (χ1) is 15.6. The lowest BCUT2D eigenvalue weighted by atomic mass is 10.0. The fourth-order valence-electron chi connectivity index (χ4n) is 4.09. The summed E-state index contributed by atoms with van der Waals surface area (Å²) in [5.74, 6) is 0. The molecule has 160 valence electrons. The van der Waals surface area contributed by atoms with Crippen LogP contribution in [-0.2, 0) is 6.54 Å². The van der Waals surface area contributed by atoms with E-state index in [1.54, 1.807) is 18.5 Å². The van der Waals surface area contributed by atoms with Gasteiger partial charge in [-0.3, -0.25) is 9.97 Å². The van der Waals surface area contributed by atoms with Crippen molar-refractivity contribution in [3.63, 3.8) is 0 Å². The summed E-state index contributed by atoms with van der Waals surface area (Å²) >= 11 is 18.5. The van der Waals surface area contributed by atoms with Crippen molar-refractivity contribution in [2.75, 3.05) is 0 Å². The van der Waals surface area contributed by atoms with Crippen LogP contribution in [0.4, 0.5) is 0 Å². The van der Waals surface area contributed by atoms with Crippen LogP contribution >= 0.6 is 35.4 Å². The Balaban J connectivity index is 1.62. The van der Waals surface area contributed by atoms with Gasteiger partial charge in [0.1, 0.15) is 0 Å². The third-order valence-electron chi connectivity index (χ3n) is 5.51. The van der Waals surface area contributed by atoms with Gasteiger partial charge in [0.15, 0.2) is 5.11 Å². The van der Waals surface area contributed by atoms with E-state index in [1.165, 1.54) is 0 Å². The van der Waals surface area contributed by atoms with E-state index in [0.717, 1.165) is 22.8 Å². The van der Waals surface area contributed by atoms with Crippen molar-refractivity contribution in [1.29, 1.82) is 0 Å². The van der Waals surface area contributed by atoms with Gasteiger partial charge in [0.25, 0.3) is 0 Å². The predicted octanol–water partition coefficient (Wildman–Crippen LogP) is 5.75. The first kappa shape index (κ1) is 20.9. The summed E-state index contributed by atoms with van der Waals surface area (Å²) < 4.78 is 2.08. The first-order valence-corrected chi connectivity index (χ1v) is 11.3. The highest BCUT2D eigenvalue weighted by atomic mass is 35.5. The number of thiocarbonyl (C=S) groups is 1. The molecule has 0 amide bonds. The molecule has 3 aromatic heterocycles. The highest BCUT2D eigenvalue weighted by Gasteiger charge is 2.41. The van der Waals surface area contributed by atoms with Crippen LogP contribution in [0.15, 0.2) is 85.3 Å². The number of aromatic nitrogens is 3. The lowest BCUT2D eigenvalue weighted by Gasteiger charge is -2.29. The maximum atomic E-state index is 6.57. The van der Waals surface area contributed by atoms with E-state index in [2.05, 4.69) is 30.8 Å². The molecule has 4 heterocycles. The van der Waals surface area contributed by atoms with Crippen molar-refractivity contribution >= 4 is 40.5 Å². The fourth-order valence-corrected chi connectivity index (χ4v) is 4.90. The number of nitrogens with one attached hydrogen (secondary N) is 1. The molecular weight excluding hydrogens is 461 g/mol. The van der Waals surface area contributed by atoms with Crippen LogP contribution in [0.25, 0.3) is 5.69 Å². The Hall–Kier alpha value is -2.93. The Bertz CT molecular complexity index is 1250. The minimum absolute atomic E-state index is 0.124. The molecule has 0 unspecified atom stereocenters. The van der Waals surface area contributed by atoms with Gasteiger partial charge in [0.05, 0.1) is 40.7 Å². The molecule has 1 N–H and O–H groups in total. The van der Waals surface area contributed by atoms with E-state index in [-0.39, 0.29) is 12.1 Å². The van der Waals surface area contributed by atoms with Gasteiger partial charge in [-0.15, -0.1) is 0 Å². The second-order valence-corrected chi connectivity index (χ2v) is 8.70. The number of pyridine rings is 2. The van der Waals surface area contributed by atoms with E-state index in [9.17, 15) is 0 Å². The molecule has 2 atom stereocenters. The van der Waals surface area contributed by atoms with E-state index in [0.29, 0.717) is 21.7 Å². The Morgan fingerprint density at radius 3 is 2.47 bits per heavy atom. The summed E-state index contributed by atoms with van der Waals surface area (Å²) in [5.41, 5.74) is 3.74. The largest absolute Gasteiger partial charge is 0.352 e. The van der Waals surface area contributed by atoms with Crippen molar-refractivity contribution < 1.29 is 0 Å². The number of hydrogen-bond donors (Lipinski definition) is 1. The third-order valence-corrected chi connectivity index (χ3v) is 6.40. The zero-order chi connectivity index (χ0) is 22.1. The molecule has 1 aromatic carbocycles. The maximum absolute atomic E-state index is 6.57. The Labute approximate surface area is 201 Å². The number of hydrogen-bond acceptors (Lipinski definition) is 3. The topological polar surface area (TPSA) is 46.0 Å². The smallest absolute Gasteiger partial charge is 0.170 e. The first-order valence-electron chi connectivity index (χ1n) is 10.1. The number of rotatable bonds is 5. The standard InChI is InChI=1S/C24H19Cl2N5S/c25-16-9-10-20(18(26)14-16)30-13-5-8-21(30)23-22(19-7-2-4-12-28-19)29-24(32)31(23)15-17-6-1-3-11-27-17/h1-14,22-23H,15H2,(H,29,32)/t22-,23+/m1/s1. The van der Waals surface area contributed by atoms with Gasteiger partial charge in [0, 0.05) is 29.3 Å². The summed E-state index contributed by atoms with van der Waals surface area (Å²) in [6, 6.07) is 21.2. The van der Waals surface area contributed by atoms with Crippen LogP contribution < -0.4 is 5.32 Å². The van der Waals surface area contributed by atoms with Gasteiger partial charge in [-0.2, -0.15) is 0 Å². The van der Waals surface area contributed by atoms with Crippen LogP contribution in [-0.4, -0.2) is 24.5 Å². The average molecular weight is 480 g/mol. The molecule has 8 heteroatoms. The van der Waals surface area contributed by atoms with E-state index < -0.39 is 0 Å². The molecule has 4 aromatic rings. The van der Waals surface area contributed by atoms with E-state index in [4.69, 9.17) is 35.4 Å². The predicted molar refractivity (Wildman–Crippen MR) is 131 cm³/mol. The van der Waals surface area contributed by atoms with Crippen molar-refractivity contribution in [1.82, 2.24) is 24.8 Å². The molecule has 32 heavy (non-hydrogen) atoms. The minimum atomic E-state index is -0.132. The molecule has 1 saturated heterocycles. The van der Waals surface area contributed by atoms with Gasteiger partial charge in [-0.25, -0.2) is 0 Å². The lowest BCUT2D eigenvalue weighted by Crippen LogP contribution is -2.30. The molecule has 1 fully saturated rings. The molecule has 0 bridgehead atoms. The molecule has 1 aliphatic heterocycles. The van der Waals surface area contributed by atoms with Crippen LogP contribution in [0, 0.1) is 0 Å². The molecule has 5 rings (SSSR count). The number of benzene rings is 1. The van der Waals surface area contributed by atoms with E-state index >= 15 is 0 Å². The van der Waals surface area contributed by atoms with Crippen molar-refractivity contribution in [2.45, 2.75) is 18.6 Å². The van der Waals surface area contributed by atoms with Gasteiger partial charge in [-0.1, -0.05) is 35.3 Å². The Morgan fingerprint density at radius 2 is 1.75 bits per heavy atom. The second-order valence-electron chi connectivity index (χ2n) is 7.47. The zero-order valence-corrected chi connectivity index (χ0v) is 19.2. The van der Waals surface area contributed by atoms with Crippen molar-refractivity contribution in [2.24, 2.45) is 0 Å². The quantitative estimate of drug-likeness (QED) is 0.369. The van der Waals surface area contributed by atoms with Gasteiger partial charge in [-0.05, 0) is 66.8 Å². The molecule has 1 aliphatic rings. The summed E-state index contributed by atoms with van der Waals surface area (Å²) in [6.07, 6.45) is 5.59. The molecule has 0 saturated carbocycles. The van der Waals surface area contributed by atoms with Gasteiger partial charge < -0.3 is 14.8 Å². The molecular formula is C24H19Cl2N5S. The fraction of sp³-hybridized carbons (Fsp3) is 0.125. The molecule has 0 spiro atoms. The molecule has 0 aliphatic carbocycles. The van der Waals surface area contributed by atoms with Crippen LogP contribution in [0.1, 0.15) is 29.2 Å². The van der Waals surface area contributed by atoms with Crippen molar-refractivity contribution in [3.05, 3.63) is 112 Å². The highest BCUT2D eigenvalue weighted by molar-refractivity contribution is 7.80. The highest BCUT2D eigenvalue weighted by Crippen LogP contribution is 2.41. The lowest BCUT2D eigenvalue weighted by molar-refractivity contribution is 0.299. The van der Waals surface area contributed by atoms with Gasteiger partial charge in [0.2, 0.25) is 0 Å². The average Bonchev–Trinajstić information content (AvgIpc) is 3.40. The van der Waals surface area contributed by atoms with Crippen molar-refractivity contribution in [3.8, 4) is 5.69 Å². The summed E-state index contributed by atoms with van der Waals surface area (Å²) in [7, 11) is 0. The summed E-state index contributed by atoms with van der Waals surface area (Å²) in [6.45, 7) is 0.570. The van der Waals surface area contributed by atoms with Gasteiger partial charge >= 0.3 is 0 Å². The summed E-state index contributed by atoms with van der Waals surface area (Å²) in [4.78, 5) is 11.3. The maximum Gasteiger partial charge on any atom is 0.170 e. The normalized spacial score (nSPS) is 18.1. The summed E-state index contributed by atoms with van der Waals surface area (Å²) in [5, 5.41) is 5.31. The molecule has 0 radical (unpaired) electrons. The third kappa shape index (κ3) is 3.97. The number of halogens is 2. The monoisotopic (exact) mass is 479 g/mol. The van der Waals surface area contributed by atoms with Crippen LogP contribution in [0.3, 0.4) is 0 Å². The zero-order valence-electron chi connectivity index (χ0n) is 16.9. The molecule has 5 nitrogen and oxygen atoms in total. The second kappa shape index (κ2) is 8.90. The van der Waals surface area contributed by atoms with Crippen LogP contribution in [0.2, 0.25) is 10.0 Å². The van der Waals surface area contributed by atoms with Crippen LogP contribution in [0.5, 0.6) is 0 Å². The number of nitrogens with zero attached hydrogens (tertiary/aromatic N) is 4. The van der Waals surface area contributed by atoms with E-state index in [1.807, 2.05) is 60.8 Å². The Kier molecular flexibility index (Phi) is 5.83.